The molecule has 0 spiro atoms. The first-order chi connectivity index (χ1) is 15.7. The zero-order valence-electron chi connectivity index (χ0n) is 16.8. The molecule has 33 heavy (non-hydrogen) atoms. The predicted molar refractivity (Wildman–Crippen MR) is 113 cm³/mol. The van der Waals surface area contributed by atoms with Crippen molar-refractivity contribution in [2.24, 2.45) is 5.73 Å². The molecule has 2 aromatic carbocycles. The SMILES string of the molecule is NC(=O)c1cccc2c(NCc3cccc(NC(=O)c4cc(C(F)(F)F)[nH]n4)c3)ncnc12. The number of nitrogens with one attached hydrogen (secondary N) is 3. The lowest BCUT2D eigenvalue weighted by Gasteiger charge is -2.11. The van der Waals surface area contributed by atoms with Gasteiger partial charge in [0, 0.05) is 23.7 Å². The first kappa shape index (κ1) is 21.7. The van der Waals surface area contributed by atoms with Gasteiger partial charge in [-0.15, -0.1) is 0 Å². The zero-order valence-corrected chi connectivity index (χ0v) is 16.8. The lowest BCUT2D eigenvalue weighted by Crippen LogP contribution is -2.13. The van der Waals surface area contributed by atoms with Gasteiger partial charge in [0.25, 0.3) is 11.8 Å². The van der Waals surface area contributed by atoms with Crippen LogP contribution < -0.4 is 16.4 Å². The van der Waals surface area contributed by atoms with Crippen molar-refractivity contribution in [1.29, 1.82) is 0 Å². The molecule has 0 fully saturated rings. The minimum atomic E-state index is -4.62. The highest BCUT2D eigenvalue weighted by atomic mass is 19.4. The van der Waals surface area contributed by atoms with E-state index in [1.807, 2.05) is 0 Å². The Labute approximate surface area is 184 Å². The number of aromatic nitrogens is 4. The number of halogens is 3. The number of nitrogens with two attached hydrogens (primary N) is 1. The summed E-state index contributed by atoms with van der Waals surface area (Å²) < 4.78 is 38.1. The van der Waals surface area contributed by atoms with Crippen molar-refractivity contribution in [1.82, 2.24) is 20.2 Å². The van der Waals surface area contributed by atoms with Gasteiger partial charge in [0.15, 0.2) is 5.69 Å². The Morgan fingerprint density at radius 2 is 1.85 bits per heavy atom. The Kier molecular flexibility index (Phi) is 5.65. The summed E-state index contributed by atoms with van der Waals surface area (Å²) in [5.41, 5.74) is 5.72. The van der Waals surface area contributed by atoms with E-state index in [4.69, 9.17) is 5.73 Å². The number of benzene rings is 2. The maximum Gasteiger partial charge on any atom is 0.432 e. The van der Waals surface area contributed by atoms with Crippen LogP contribution in [0.5, 0.6) is 0 Å². The number of fused-ring (bicyclic) bond motifs is 1. The van der Waals surface area contributed by atoms with Gasteiger partial charge in [-0.05, 0) is 29.8 Å². The molecule has 0 aliphatic heterocycles. The molecule has 9 nitrogen and oxygen atoms in total. The van der Waals surface area contributed by atoms with Crippen LogP contribution in [-0.2, 0) is 12.7 Å². The maximum atomic E-state index is 12.7. The number of nitrogens with zero attached hydrogens (tertiary/aromatic N) is 3. The fourth-order valence-electron chi connectivity index (χ4n) is 3.15. The Morgan fingerprint density at radius 1 is 1.06 bits per heavy atom. The fourth-order valence-corrected chi connectivity index (χ4v) is 3.15. The number of aromatic amines is 1. The van der Waals surface area contributed by atoms with E-state index in [0.717, 1.165) is 5.56 Å². The fraction of sp³-hybridized carbons (Fsp3) is 0.0952. The smallest absolute Gasteiger partial charge is 0.366 e. The summed E-state index contributed by atoms with van der Waals surface area (Å²) in [4.78, 5) is 32.2. The topological polar surface area (TPSA) is 139 Å². The van der Waals surface area contributed by atoms with Crippen molar-refractivity contribution in [2.75, 3.05) is 10.6 Å². The van der Waals surface area contributed by atoms with Gasteiger partial charge in [0.2, 0.25) is 0 Å². The van der Waals surface area contributed by atoms with Crippen LogP contribution in [0, 0.1) is 0 Å². The summed E-state index contributed by atoms with van der Waals surface area (Å²) >= 11 is 0. The molecular formula is C21H16F3N7O2. The van der Waals surface area contributed by atoms with Crippen LogP contribution in [0.15, 0.2) is 54.9 Å². The van der Waals surface area contributed by atoms with Crippen molar-refractivity contribution in [3.63, 3.8) is 0 Å². The van der Waals surface area contributed by atoms with E-state index in [9.17, 15) is 22.8 Å². The zero-order chi connectivity index (χ0) is 23.6. The number of para-hydroxylation sites is 1. The maximum absolute atomic E-state index is 12.7. The van der Waals surface area contributed by atoms with Crippen LogP contribution in [0.3, 0.4) is 0 Å². The first-order valence-electron chi connectivity index (χ1n) is 9.52. The molecule has 4 rings (SSSR count). The van der Waals surface area contributed by atoms with Gasteiger partial charge in [0.05, 0.1) is 11.1 Å². The van der Waals surface area contributed by atoms with Gasteiger partial charge in [-0.2, -0.15) is 18.3 Å². The minimum Gasteiger partial charge on any atom is -0.366 e. The van der Waals surface area contributed by atoms with Gasteiger partial charge in [-0.1, -0.05) is 18.2 Å². The molecule has 0 atom stereocenters. The van der Waals surface area contributed by atoms with Gasteiger partial charge >= 0.3 is 6.18 Å². The molecule has 0 saturated heterocycles. The highest BCUT2D eigenvalue weighted by molar-refractivity contribution is 6.07. The second kappa shape index (κ2) is 8.57. The molecular weight excluding hydrogens is 439 g/mol. The largest absolute Gasteiger partial charge is 0.432 e. The normalized spacial score (nSPS) is 11.4. The van der Waals surface area contributed by atoms with Gasteiger partial charge < -0.3 is 16.4 Å². The second-order valence-corrected chi connectivity index (χ2v) is 6.96. The average Bonchev–Trinajstić information content (AvgIpc) is 3.29. The summed E-state index contributed by atoms with van der Waals surface area (Å²) in [6.45, 7) is 0.303. The summed E-state index contributed by atoms with van der Waals surface area (Å²) in [5.74, 6) is -0.908. The highest BCUT2D eigenvalue weighted by Crippen LogP contribution is 2.28. The minimum absolute atomic E-state index is 0.273. The van der Waals surface area contributed by atoms with E-state index >= 15 is 0 Å². The molecule has 0 aliphatic carbocycles. The molecule has 2 amide bonds. The van der Waals surface area contributed by atoms with Gasteiger partial charge in [0.1, 0.15) is 17.8 Å². The molecule has 0 unspecified atom stereocenters. The molecule has 2 heterocycles. The first-order valence-corrected chi connectivity index (χ1v) is 9.52. The van der Waals surface area contributed by atoms with Crippen molar-refractivity contribution in [3.05, 3.63) is 77.4 Å². The number of amides is 2. The lowest BCUT2D eigenvalue weighted by molar-refractivity contribution is -0.141. The van der Waals surface area contributed by atoms with Crippen LogP contribution in [0.25, 0.3) is 10.9 Å². The number of carbonyl (C=O) groups excluding carboxylic acids is 2. The third-order valence-corrected chi connectivity index (χ3v) is 4.69. The predicted octanol–water partition coefficient (Wildman–Crippen LogP) is 3.34. The molecule has 0 bridgehead atoms. The average molecular weight is 455 g/mol. The summed E-state index contributed by atoms with van der Waals surface area (Å²) in [7, 11) is 0. The second-order valence-electron chi connectivity index (χ2n) is 6.96. The number of rotatable bonds is 6. The van der Waals surface area contributed by atoms with Crippen molar-refractivity contribution in [2.45, 2.75) is 12.7 Å². The van der Waals surface area contributed by atoms with Crippen molar-refractivity contribution < 1.29 is 22.8 Å². The summed E-state index contributed by atoms with van der Waals surface area (Å²) in [6, 6.07) is 12.4. The molecule has 12 heteroatoms. The summed E-state index contributed by atoms with van der Waals surface area (Å²) in [6.07, 6.45) is -3.31. The molecule has 4 aromatic rings. The number of hydrogen-bond donors (Lipinski definition) is 4. The highest BCUT2D eigenvalue weighted by Gasteiger charge is 2.33. The van der Waals surface area contributed by atoms with Crippen LogP contribution in [0.2, 0.25) is 0 Å². The number of carbonyl (C=O) groups is 2. The number of alkyl halides is 3. The monoisotopic (exact) mass is 455 g/mol. The molecule has 0 radical (unpaired) electrons. The molecule has 5 N–H and O–H groups in total. The van der Waals surface area contributed by atoms with E-state index in [1.54, 1.807) is 47.6 Å². The van der Waals surface area contributed by atoms with Gasteiger partial charge in [-0.3, -0.25) is 14.7 Å². The van der Waals surface area contributed by atoms with E-state index in [0.29, 0.717) is 35.0 Å². The van der Waals surface area contributed by atoms with E-state index in [1.165, 1.54) is 6.33 Å². The molecule has 2 aromatic heterocycles. The third kappa shape index (κ3) is 4.74. The quantitative estimate of drug-likeness (QED) is 0.352. The van der Waals surface area contributed by atoms with Crippen LogP contribution in [0.4, 0.5) is 24.7 Å². The third-order valence-electron chi connectivity index (χ3n) is 4.69. The Bertz CT molecular complexity index is 1350. The number of hydrogen-bond acceptors (Lipinski definition) is 6. The molecule has 0 aliphatic rings. The lowest BCUT2D eigenvalue weighted by atomic mass is 10.1. The number of primary amides is 1. The number of H-pyrrole nitrogens is 1. The Morgan fingerprint density at radius 3 is 2.58 bits per heavy atom. The summed E-state index contributed by atoms with van der Waals surface area (Å²) in [5, 5.41) is 11.5. The van der Waals surface area contributed by atoms with E-state index in [-0.39, 0.29) is 11.3 Å². The van der Waals surface area contributed by atoms with Crippen LogP contribution in [-0.4, -0.2) is 32.0 Å². The van der Waals surface area contributed by atoms with Crippen LogP contribution in [0.1, 0.15) is 32.1 Å². The Balaban J connectivity index is 1.48. The van der Waals surface area contributed by atoms with Crippen molar-refractivity contribution in [3.8, 4) is 0 Å². The molecule has 168 valence electrons. The van der Waals surface area contributed by atoms with Crippen molar-refractivity contribution >= 4 is 34.2 Å². The Hall–Kier alpha value is -4.48. The molecule has 0 saturated carbocycles. The number of anilines is 2. The van der Waals surface area contributed by atoms with E-state index < -0.39 is 23.7 Å². The van der Waals surface area contributed by atoms with Gasteiger partial charge in [-0.25, -0.2) is 9.97 Å². The standard InChI is InChI=1S/C21H16F3N7O2/c22-21(23,24)16-8-15(30-31-16)20(33)29-12-4-1-3-11(7-12)9-26-19-14-6-2-5-13(18(25)32)17(14)27-10-28-19/h1-8,10H,9H2,(H2,25,32)(H,29,33)(H,30,31)(H,26,27,28). The van der Waals surface area contributed by atoms with Crippen LogP contribution >= 0.6 is 0 Å². The van der Waals surface area contributed by atoms with E-state index in [2.05, 4.69) is 25.7 Å².